The molecular formula is C9H15N3O12P2. The molecule has 17 heteroatoms. The van der Waals surface area contributed by atoms with Crippen LogP contribution >= 0.6 is 15.6 Å². The van der Waals surface area contributed by atoms with E-state index in [9.17, 15) is 29.0 Å². The number of anilines is 1. The van der Waals surface area contributed by atoms with Crippen molar-refractivity contribution in [3.63, 3.8) is 0 Å². The van der Waals surface area contributed by atoms with Gasteiger partial charge in [0, 0.05) is 6.20 Å². The fraction of sp³-hybridized carbons (Fsp3) is 0.556. The minimum atomic E-state index is -5.32. The Morgan fingerprint density at radius 2 is 1.92 bits per heavy atom. The van der Waals surface area contributed by atoms with Crippen LogP contribution in [0.25, 0.3) is 0 Å². The molecule has 2 rings (SSSR count). The molecule has 148 valence electrons. The van der Waals surface area contributed by atoms with E-state index in [-0.39, 0.29) is 5.82 Å². The monoisotopic (exact) mass is 419 g/mol. The third-order valence-corrected chi connectivity index (χ3v) is 5.32. The fourth-order valence-corrected chi connectivity index (χ4v) is 3.69. The molecule has 0 aromatic carbocycles. The van der Waals surface area contributed by atoms with Crippen LogP contribution in [0.5, 0.6) is 0 Å². The Bertz CT molecular complexity index is 794. The van der Waals surface area contributed by atoms with Crippen LogP contribution in [-0.4, -0.2) is 64.6 Å². The summed E-state index contributed by atoms with van der Waals surface area (Å²) in [5.41, 5.74) is 0.677. The molecule has 26 heavy (non-hydrogen) atoms. The topological polar surface area (TPSA) is 230 Å². The Morgan fingerprint density at radius 1 is 1.27 bits per heavy atom. The van der Waals surface area contributed by atoms with Gasteiger partial charge in [-0.3, -0.25) is 19.8 Å². The van der Waals surface area contributed by atoms with E-state index in [0.29, 0.717) is 0 Å². The molecule has 1 unspecified atom stereocenters. The smallest absolute Gasteiger partial charge is 0.387 e. The number of phosphoric ester groups is 1. The second kappa shape index (κ2) is 7.80. The third-order valence-electron chi connectivity index (χ3n) is 3.17. The van der Waals surface area contributed by atoms with Crippen molar-refractivity contribution in [2.75, 3.05) is 12.1 Å². The predicted molar refractivity (Wildman–Crippen MR) is 78.7 cm³/mol. The summed E-state index contributed by atoms with van der Waals surface area (Å²) in [7, 11) is -10.5. The Kier molecular flexibility index (Phi) is 6.32. The zero-order valence-corrected chi connectivity index (χ0v) is 14.4. The molecule has 5 atom stereocenters. The van der Waals surface area contributed by atoms with E-state index in [2.05, 4.69) is 13.8 Å². The Labute approximate surface area is 144 Å². The van der Waals surface area contributed by atoms with Gasteiger partial charge in [0.1, 0.15) is 18.3 Å². The summed E-state index contributed by atoms with van der Waals surface area (Å²) in [5, 5.41) is 28.5. The highest BCUT2D eigenvalue weighted by atomic mass is 31.3. The molecule has 1 aromatic heterocycles. The summed E-state index contributed by atoms with van der Waals surface area (Å²) in [6, 6.07) is 1.16. The fourth-order valence-electron chi connectivity index (χ4n) is 2.09. The van der Waals surface area contributed by atoms with E-state index in [0.717, 1.165) is 16.8 Å². The summed E-state index contributed by atoms with van der Waals surface area (Å²) in [4.78, 5) is 41.4. The summed E-state index contributed by atoms with van der Waals surface area (Å²) < 4.78 is 35.8. The first kappa shape index (κ1) is 21.1. The number of hydrogen-bond acceptors (Lipinski definition) is 11. The molecule has 1 fully saturated rings. The number of aliphatic hydroxyl groups is 2. The molecule has 0 amide bonds. The molecular weight excluding hydrogens is 404 g/mol. The first-order valence-corrected chi connectivity index (χ1v) is 9.71. The van der Waals surface area contributed by atoms with Crippen molar-refractivity contribution in [1.82, 2.24) is 9.55 Å². The van der Waals surface area contributed by atoms with Gasteiger partial charge in [-0.15, -0.1) is 0 Å². The summed E-state index contributed by atoms with van der Waals surface area (Å²) >= 11 is 0. The van der Waals surface area contributed by atoms with Crippen molar-refractivity contribution in [2.45, 2.75) is 24.5 Å². The normalized spacial score (nSPS) is 28.7. The first-order valence-electron chi connectivity index (χ1n) is 6.68. The van der Waals surface area contributed by atoms with Gasteiger partial charge in [0.05, 0.1) is 6.61 Å². The van der Waals surface area contributed by atoms with Crippen LogP contribution in [0.1, 0.15) is 6.23 Å². The van der Waals surface area contributed by atoms with E-state index in [4.69, 9.17) is 19.7 Å². The van der Waals surface area contributed by atoms with E-state index in [1.54, 1.807) is 5.48 Å². The van der Waals surface area contributed by atoms with Gasteiger partial charge in [-0.2, -0.15) is 9.29 Å². The predicted octanol–water partition coefficient (Wildman–Crippen LogP) is -2.11. The lowest BCUT2D eigenvalue weighted by atomic mass is 10.1. The molecule has 2 heterocycles. The number of phosphoric acid groups is 2. The third kappa shape index (κ3) is 5.16. The summed E-state index contributed by atoms with van der Waals surface area (Å²) in [5.74, 6) is -0.185. The van der Waals surface area contributed by atoms with Crippen molar-refractivity contribution >= 4 is 21.5 Å². The van der Waals surface area contributed by atoms with Gasteiger partial charge in [-0.05, 0) is 6.07 Å². The molecule has 1 aromatic rings. The van der Waals surface area contributed by atoms with Crippen molar-refractivity contribution in [3.8, 4) is 0 Å². The highest BCUT2D eigenvalue weighted by molar-refractivity contribution is 7.60. The Balaban J connectivity index is 2.09. The first-order chi connectivity index (χ1) is 11.9. The molecule has 7 N–H and O–H groups in total. The molecule has 1 aliphatic heterocycles. The van der Waals surface area contributed by atoms with Crippen LogP contribution in [0.2, 0.25) is 0 Å². The van der Waals surface area contributed by atoms with E-state index >= 15 is 0 Å². The highest BCUT2D eigenvalue weighted by Crippen LogP contribution is 2.57. The van der Waals surface area contributed by atoms with Gasteiger partial charge >= 0.3 is 21.3 Å². The average molecular weight is 419 g/mol. The maximum atomic E-state index is 11.8. The molecule has 0 radical (unpaired) electrons. The number of ether oxygens (including phenoxy) is 1. The maximum Gasteiger partial charge on any atom is 0.481 e. The number of nitrogens with one attached hydrogen (secondary N) is 1. The number of aromatic nitrogens is 2. The van der Waals surface area contributed by atoms with E-state index < -0.39 is 52.5 Å². The SMILES string of the molecule is O=c1nc(NO)ccn1[C@@H]1O[C@H](COP(=O)(O)OP(=O)(O)O)[C@@H](O)[C@H]1O. The van der Waals surface area contributed by atoms with Crippen molar-refractivity contribution in [2.24, 2.45) is 0 Å². The van der Waals surface area contributed by atoms with Crippen molar-refractivity contribution in [3.05, 3.63) is 22.7 Å². The van der Waals surface area contributed by atoms with E-state index in [1.807, 2.05) is 0 Å². The average Bonchev–Trinajstić information content (AvgIpc) is 2.79. The molecule has 0 bridgehead atoms. The quantitative estimate of drug-likeness (QED) is 0.185. The van der Waals surface area contributed by atoms with Crippen LogP contribution in [0, 0.1) is 0 Å². The second-order valence-electron chi connectivity index (χ2n) is 5.00. The lowest BCUT2D eigenvalue weighted by Gasteiger charge is -2.18. The van der Waals surface area contributed by atoms with Gasteiger partial charge in [-0.25, -0.2) is 13.9 Å². The zero-order valence-electron chi connectivity index (χ0n) is 12.6. The molecule has 0 spiro atoms. The van der Waals surface area contributed by atoms with Crippen LogP contribution in [0.3, 0.4) is 0 Å². The number of rotatable bonds is 7. The van der Waals surface area contributed by atoms with Crippen molar-refractivity contribution < 1.29 is 52.8 Å². The van der Waals surface area contributed by atoms with Crippen LogP contribution in [-0.2, 0) is 22.7 Å². The minimum absolute atomic E-state index is 0.185. The zero-order chi connectivity index (χ0) is 19.7. The van der Waals surface area contributed by atoms with Gasteiger partial charge in [0.25, 0.3) is 0 Å². The van der Waals surface area contributed by atoms with Gasteiger partial charge < -0.3 is 29.6 Å². The lowest BCUT2D eigenvalue weighted by Crippen LogP contribution is -2.36. The number of hydrogen-bond donors (Lipinski definition) is 7. The summed E-state index contributed by atoms with van der Waals surface area (Å²) in [6.07, 6.45) is -5.16. The highest BCUT2D eigenvalue weighted by Gasteiger charge is 2.45. The standard InChI is InChI=1S/C9H15N3O12P2/c13-6-4(3-22-26(20,21)24-25(17,18)19)23-8(7(6)14)12-2-1-5(11-16)10-9(12)15/h1-2,4,6-8,13-14,16H,3H2,(H,20,21)(H,10,11,15)(H2,17,18,19)/t4-,6-,7-,8-/m1/s1. The molecule has 0 aliphatic carbocycles. The Morgan fingerprint density at radius 3 is 2.46 bits per heavy atom. The Hall–Kier alpha value is -1.22. The lowest BCUT2D eigenvalue weighted by molar-refractivity contribution is -0.0541. The molecule has 1 aliphatic rings. The molecule has 0 saturated carbocycles. The summed E-state index contributed by atoms with van der Waals surface area (Å²) in [6.45, 7) is -0.902. The van der Waals surface area contributed by atoms with Crippen LogP contribution in [0.4, 0.5) is 5.82 Å². The van der Waals surface area contributed by atoms with Crippen LogP contribution in [0.15, 0.2) is 17.1 Å². The second-order valence-corrected chi connectivity index (χ2v) is 7.83. The van der Waals surface area contributed by atoms with Gasteiger partial charge in [0.2, 0.25) is 0 Å². The van der Waals surface area contributed by atoms with Crippen LogP contribution < -0.4 is 11.2 Å². The van der Waals surface area contributed by atoms with Crippen molar-refractivity contribution in [1.29, 1.82) is 0 Å². The van der Waals surface area contributed by atoms with E-state index in [1.165, 1.54) is 0 Å². The van der Waals surface area contributed by atoms with Gasteiger partial charge in [-0.1, -0.05) is 0 Å². The molecule has 1 saturated heterocycles. The maximum absolute atomic E-state index is 11.8. The number of aliphatic hydroxyl groups excluding tert-OH is 2. The number of nitrogens with zero attached hydrogens (tertiary/aromatic N) is 2. The molecule has 15 nitrogen and oxygen atoms in total. The van der Waals surface area contributed by atoms with Gasteiger partial charge in [0.15, 0.2) is 12.0 Å². The minimum Gasteiger partial charge on any atom is -0.387 e. The largest absolute Gasteiger partial charge is 0.481 e.